The molecule has 2 N–H and O–H groups in total. The number of rotatable bonds is 11. The second-order valence-electron chi connectivity index (χ2n) is 12.8. The van der Waals surface area contributed by atoms with Crippen molar-refractivity contribution in [3.63, 3.8) is 0 Å². The lowest BCUT2D eigenvalue weighted by Crippen LogP contribution is -2.50. The monoisotopic (exact) mass is 588 g/mol. The summed E-state index contributed by atoms with van der Waals surface area (Å²) < 4.78 is 16.1. The number of alkyl carbamates (subject to hydrolysis) is 2. The van der Waals surface area contributed by atoms with Gasteiger partial charge < -0.3 is 24.8 Å². The van der Waals surface area contributed by atoms with Crippen LogP contribution >= 0.6 is 11.8 Å². The van der Waals surface area contributed by atoms with Crippen molar-refractivity contribution >= 4 is 29.9 Å². The van der Waals surface area contributed by atoms with Crippen LogP contribution in [0.25, 0.3) is 0 Å². The molecule has 0 bridgehead atoms. The molecule has 9 heteroatoms. The maximum Gasteiger partial charge on any atom is 0.407 e. The second kappa shape index (κ2) is 15.5. The van der Waals surface area contributed by atoms with Crippen LogP contribution in [0.4, 0.5) is 9.59 Å². The van der Waals surface area contributed by atoms with Crippen molar-refractivity contribution < 1.29 is 28.6 Å². The van der Waals surface area contributed by atoms with E-state index in [1.165, 1.54) is 5.56 Å². The zero-order chi connectivity index (χ0) is 29.9. The lowest BCUT2D eigenvalue weighted by atomic mass is 9.62. The molecule has 0 saturated heterocycles. The molecule has 2 aliphatic carbocycles. The van der Waals surface area contributed by atoms with E-state index in [0.29, 0.717) is 23.8 Å². The molecular weight excluding hydrogens is 540 g/mol. The number of carbonyl (C=O) groups is 3. The van der Waals surface area contributed by atoms with Gasteiger partial charge in [-0.25, -0.2) is 14.4 Å². The fraction of sp³-hybridized carbons (Fsp3) is 0.656. The normalized spacial score (nSPS) is 25.7. The molecule has 0 heterocycles. The van der Waals surface area contributed by atoms with Crippen molar-refractivity contribution in [1.29, 1.82) is 0 Å². The number of nitrogens with one attached hydrogen (secondary N) is 2. The topological polar surface area (TPSA) is 103 Å². The SMILES string of the molecule is C=C(C)C(=O)OCCOC(=O)NC1CC(C)(C)CC(C)(CNC(=O)OC2CCCCC(SCc3ccccc3)C2)C1. The summed E-state index contributed by atoms with van der Waals surface area (Å²) in [6.45, 7) is 12.0. The van der Waals surface area contributed by atoms with E-state index in [0.717, 1.165) is 50.7 Å². The van der Waals surface area contributed by atoms with Crippen molar-refractivity contribution in [3.05, 3.63) is 48.0 Å². The molecule has 8 nitrogen and oxygen atoms in total. The first-order chi connectivity index (χ1) is 19.4. The summed E-state index contributed by atoms with van der Waals surface area (Å²) >= 11 is 1.96. The Balaban J connectivity index is 1.43. The van der Waals surface area contributed by atoms with Gasteiger partial charge in [-0.15, -0.1) is 0 Å². The van der Waals surface area contributed by atoms with Gasteiger partial charge in [0.15, 0.2) is 0 Å². The number of esters is 1. The van der Waals surface area contributed by atoms with Gasteiger partial charge in [-0.1, -0.05) is 64.1 Å². The summed E-state index contributed by atoms with van der Waals surface area (Å²) in [6.07, 6.45) is 6.63. The van der Waals surface area contributed by atoms with Crippen LogP contribution in [0.3, 0.4) is 0 Å². The maximum atomic E-state index is 12.9. The second-order valence-corrected chi connectivity index (χ2v) is 14.1. The predicted octanol–water partition coefficient (Wildman–Crippen LogP) is 6.78. The lowest BCUT2D eigenvalue weighted by molar-refractivity contribution is -0.139. The van der Waals surface area contributed by atoms with Crippen molar-refractivity contribution in [3.8, 4) is 0 Å². The Labute approximate surface area is 249 Å². The molecule has 41 heavy (non-hydrogen) atoms. The minimum atomic E-state index is -0.540. The molecule has 2 saturated carbocycles. The van der Waals surface area contributed by atoms with E-state index in [1.807, 2.05) is 17.8 Å². The molecule has 1 aromatic carbocycles. The Morgan fingerprint density at radius 1 is 1.00 bits per heavy atom. The summed E-state index contributed by atoms with van der Waals surface area (Å²) in [7, 11) is 0. The van der Waals surface area contributed by atoms with Crippen LogP contribution in [0.15, 0.2) is 42.5 Å². The fourth-order valence-corrected chi connectivity index (χ4v) is 7.57. The van der Waals surface area contributed by atoms with E-state index < -0.39 is 12.1 Å². The van der Waals surface area contributed by atoms with Crippen LogP contribution in [-0.4, -0.2) is 55.3 Å². The van der Waals surface area contributed by atoms with E-state index >= 15 is 0 Å². The van der Waals surface area contributed by atoms with E-state index in [-0.39, 0.29) is 42.3 Å². The molecule has 2 aliphatic rings. The first kappa shape index (κ1) is 32.8. The number of thioether (sulfide) groups is 1. The third kappa shape index (κ3) is 12.0. The quantitative estimate of drug-likeness (QED) is 0.0966. The van der Waals surface area contributed by atoms with Gasteiger partial charge in [-0.05, 0) is 68.3 Å². The third-order valence-electron chi connectivity index (χ3n) is 7.75. The zero-order valence-corrected chi connectivity index (χ0v) is 26.0. The molecule has 4 atom stereocenters. The third-order valence-corrected chi connectivity index (χ3v) is 9.15. The lowest BCUT2D eigenvalue weighted by Gasteiger charge is -2.46. The molecule has 0 radical (unpaired) electrons. The Bertz CT molecular complexity index is 1030. The largest absolute Gasteiger partial charge is 0.459 e. The fourth-order valence-electron chi connectivity index (χ4n) is 6.27. The number of benzene rings is 1. The highest BCUT2D eigenvalue weighted by Gasteiger charge is 2.42. The van der Waals surface area contributed by atoms with Gasteiger partial charge in [-0.2, -0.15) is 11.8 Å². The highest BCUT2D eigenvalue weighted by Crippen LogP contribution is 2.45. The smallest absolute Gasteiger partial charge is 0.407 e. The highest BCUT2D eigenvalue weighted by atomic mass is 32.2. The molecule has 2 amide bonds. The molecule has 4 unspecified atom stereocenters. The van der Waals surface area contributed by atoms with E-state index in [1.54, 1.807) is 6.92 Å². The van der Waals surface area contributed by atoms with Gasteiger partial charge >= 0.3 is 18.2 Å². The summed E-state index contributed by atoms with van der Waals surface area (Å²) in [4.78, 5) is 36.7. The van der Waals surface area contributed by atoms with Crippen molar-refractivity contribution in [2.24, 2.45) is 10.8 Å². The van der Waals surface area contributed by atoms with E-state index in [4.69, 9.17) is 14.2 Å². The first-order valence-corrected chi connectivity index (χ1v) is 15.8. The van der Waals surface area contributed by atoms with Crippen LogP contribution in [0.2, 0.25) is 0 Å². The van der Waals surface area contributed by atoms with Crippen molar-refractivity contribution in [2.45, 2.75) is 102 Å². The molecule has 1 aromatic rings. The molecule has 3 rings (SSSR count). The van der Waals surface area contributed by atoms with Gasteiger partial charge in [0.1, 0.15) is 19.3 Å². The van der Waals surface area contributed by atoms with Crippen LogP contribution in [0.5, 0.6) is 0 Å². The average Bonchev–Trinajstić information content (AvgIpc) is 3.13. The molecule has 228 valence electrons. The highest BCUT2D eigenvalue weighted by molar-refractivity contribution is 7.99. The van der Waals surface area contributed by atoms with E-state index in [9.17, 15) is 14.4 Å². The number of hydrogen-bond acceptors (Lipinski definition) is 7. The van der Waals surface area contributed by atoms with Crippen LogP contribution in [0, 0.1) is 10.8 Å². The number of ether oxygens (including phenoxy) is 3. The summed E-state index contributed by atoms with van der Waals surface area (Å²) in [6, 6.07) is 10.4. The number of hydrogen-bond donors (Lipinski definition) is 2. The minimum absolute atomic E-state index is 0.0214. The zero-order valence-electron chi connectivity index (χ0n) is 25.2. The average molecular weight is 589 g/mol. The number of amides is 2. The summed E-state index contributed by atoms with van der Waals surface area (Å²) in [5.74, 6) is 0.467. The standard InChI is InChI=1S/C32H48N2O6S/c1-23(2)28(35)38-15-16-39-30(37)34-25-18-31(3,4)21-32(5,19-25)22-33-29(36)40-26-13-9-10-14-27(17-26)41-20-24-11-7-6-8-12-24/h6-8,11-12,25-27H,1,9-10,13-22H2,2-5H3,(H,33,36)(H,34,37). The number of carbonyl (C=O) groups excluding carboxylic acids is 3. The Morgan fingerprint density at radius 3 is 2.44 bits per heavy atom. The molecular formula is C32H48N2O6S. The summed E-state index contributed by atoms with van der Waals surface area (Å²) in [5, 5.41) is 6.49. The van der Waals surface area contributed by atoms with Crippen LogP contribution < -0.4 is 10.6 Å². The Kier molecular flexibility index (Phi) is 12.4. The molecule has 0 spiro atoms. The predicted molar refractivity (Wildman–Crippen MR) is 163 cm³/mol. The Morgan fingerprint density at radius 2 is 1.71 bits per heavy atom. The van der Waals surface area contributed by atoms with Crippen LogP contribution in [-0.2, 0) is 24.8 Å². The van der Waals surface area contributed by atoms with Gasteiger partial charge in [0.25, 0.3) is 0 Å². The molecule has 0 aromatic heterocycles. The van der Waals surface area contributed by atoms with Crippen molar-refractivity contribution in [1.82, 2.24) is 10.6 Å². The Hall–Kier alpha value is -2.68. The van der Waals surface area contributed by atoms with Crippen molar-refractivity contribution in [2.75, 3.05) is 19.8 Å². The molecule has 0 aliphatic heterocycles. The van der Waals surface area contributed by atoms with E-state index in [2.05, 4.69) is 62.2 Å². The van der Waals surface area contributed by atoms with Gasteiger partial charge in [0.2, 0.25) is 0 Å². The first-order valence-electron chi connectivity index (χ1n) is 14.8. The maximum absolute atomic E-state index is 12.9. The summed E-state index contributed by atoms with van der Waals surface area (Å²) in [5.41, 5.74) is 1.38. The van der Waals surface area contributed by atoms with Gasteiger partial charge in [-0.3, -0.25) is 0 Å². The van der Waals surface area contributed by atoms with Gasteiger partial charge in [0.05, 0.1) is 0 Å². The van der Waals surface area contributed by atoms with Gasteiger partial charge in [0, 0.05) is 29.2 Å². The molecule has 2 fully saturated rings. The van der Waals surface area contributed by atoms with Crippen LogP contribution in [0.1, 0.15) is 84.6 Å². The minimum Gasteiger partial charge on any atom is -0.459 e.